The monoisotopic (exact) mass is 288 g/mol. The van der Waals surface area contributed by atoms with E-state index in [2.05, 4.69) is 32.0 Å². The Kier molecular flexibility index (Phi) is 4.96. The second-order valence-electron chi connectivity index (χ2n) is 4.92. The number of Topliss-reactive ketones (excluding diaryl/α,β-unsaturated/α-hetero) is 1. The Hall–Kier alpha value is -1.61. The van der Waals surface area contributed by atoms with Crippen LogP contribution < -0.4 is 0 Å². The van der Waals surface area contributed by atoms with Crippen molar-refractivity contribution in [2.45, 2.75) is 19.6 Å². The van der Waals surface area contributed by atoms with Crippen molar-refractivity contribution in [2.75, 3.05) is 5.75 Å². The molecule has 0 amide bonds. The molecular formula is C17H17FOS. The molecule has 0 atom stereocenters. The fourth-order valence-corrected chi connectivity index (χ4v) is 3.02. The van der Waals surface area contributed by atoms with E-state index in [4.69, 9.17) is 0 Å². The minimum absolute atomic E-state index is 0.0288. The number of thioether (sulfide) groups is 1. The highest BCUT2D eigenvalue weighted by atomic mass is 32.2. The average Bonchev–Trinajstić information content (AvgIpc) is 2.37. The highest BCUT2D eigenvalue weighted by Gasteiger charge is 2.07. The van der Waals surface area contributed by atoms with Crippen LogP contribution in [0.5, 0.6) is 0 Å². The van der Waals surface area contributed by atoms with Gasteiger partial charge in [0.15, 0.2) is 5.78 Å². The quantitative estimate of drug-likeness (QED) is 0.750. The first-order valence-electron chi connectivity index (χ1n) is 6.48. The van der Waals surface area contributed by atoms with Gasteiger partial charge in [-0.3, -0.25) is 4.79 Å². The van der Waals surface area contributed by atoms with Crippen molar-refractivity contribution >= 4 is 17.5 Å². The van der Waals surface area contributed by atoms with E-state index in [-0.39, 0.29) is 11.6 Å². The minimum atomic E-state index is -0.366. The number of halogens is 1. The SMILES string of the molecule is Cc1cc(C)cc(CSCC(=O)c2cccc(F)c2)c1. The van der Waals surface area contributed by atoms with E-state index in [1.807, 2.05) is 0 Å². The summed E-state index contributed by atoms with van der Waals surface area (Å²) in [7, 11) is 0. The lowest BCUT2D eigenvalue weighted by molar-refractivity contribution is 0.102. The topological polar surface area (TPSA) is 17.1 Å². The Bertz CT molecular complexity index is 602. The van der Waals surface area contributed by atoms with Crippen molar-refractivity contribution in [3.05, 3.63) is 70.5 Å². The Labute approximate surface area is 123 Å². The number of hydrogen-bond acceptors (Lipinski definition) is 2. The van der Waals surface area contributed by atoms with Gasteiger partial charge in [-0.1, -0.05) is 41.5 Å². The van der Waals surface area contributed by atoms with Gasteiger partial charge in [-0.15, -0.1) is 11.8 Å². The lowest BCUT2D eigenvalue weighted by Crippen LogP contribution is -2.03. The summed E-state index contributed by atoms with van der Waals surface area (Å²) in [5.41, 5.74) is 4.13. The summed E-state index contributed by atoms with van der Waals surface area (Å²) in [6.07, 6.45) is 0. The summed E-state index contributed by atoms with van der Waals surface area (Å²) in [5.74, 6) is 0.772. The molecule has 0 saturated heterocycles. The van der Waals surface area contributed by atoms with Gasteiger partial charge in [-0.05, 0) is 31.5 Å². The van der Waals surface area contributed by atoms with E-state index in [1.165, 1.54) is 28.8 Å². The third-order valence-electron chi connectivity index (χ3n) is 2.93. The van der Waals surface area contributed by atoms with Crippen molar-refractivity contribution in [3.63, 3.8) is 0 Å². The van der Waals surface area contributed by atoms with E-state index in [0.717, 1.165) is 5.75 Å². The van der Waals surface area contributed by atoms with Crippen LogP contribution in [-0.4, -0.2) is 11.5 Å². The van der Waals surface area contributed by atoms with Crippen LogP contribution in [0.25, 0.3) is 0 Å². The summed E-state index contributed by atoms with van der Waals surface area (Å²) >= 11 is 1.56. The maximum atomic E-state index is 13.0. The normalized spacial score (nSPS) is 10.6. The zero-order valence-electron chi connectivity index (χ0n) is 11.7. The van der Waals surface area contributed by atoms with Crippen LogP contribution in [0, 0.1) is 19.7 Å². The molecule has 0 aliphatic carbocycles. The molecule has 0 aromatic heterocycles. The molecule has 3 heteroatoms. The Morgan fingerprint density at radius 2 is 1.80 bits per heavy atom. The third-order valence-corrected chi connectivity index (χ3v) is 3.93. The molecule has 0 unspecified atom stereocenters. The second kappa shape index (κ2) is 6.71. The molecule has 104 valence electrons. The largest absolute Gasteiger partial charge is 0.293 e. The molecule has 20 heavy (non-hydrogen) atoms. The minimum Gasteiger partial charge on any atom is -0.293 e. The number of ketones is 1. The van der Waals surface area contributed by atoms with Gasteiger partial charge in [0.05, 0.1) is 5.75 Å². The number of carbonyl (C=O) groups is 1. The maximum absolute atomic E-state index is 13.0. The number of aryl methyl sites for hydroxylation is 2. The van der Waals surface area contributed by atoms with Gasteiger partial charge in [-0.25, -0.2) is 4.39 Å². The lowest BCUT2D eigenvalue weighted by Gasteiger charge is -2.05. The highest BCUT2D eigenvalue weighted by Crippen LogP contribution is 2.17. The number of benzene rings is 2. The van der Waals surface area contributed by atoms with Crippen molar-refractivity contribution in [1.82, 2.24) is 0 Å². The van der Waals surface area contributed by atoms with E-state index in [1.54, 1.807) is 23.9 Å². The van der Waals surface area contributed by atoms with Gasteiger partial charge in [-0.2, -0.15) is 0 Å². The fourth-order valence-electron chi connectivity index (χ4n) is 2.16. The van der Waals surface area contributed by atoms with Gasteiger partial charge in [0.2, 0.25) is 0 Å². The van der Waals surface area contributed by atoms with E-state index in [9.17, 15) is 9.18 Å². The Balaban J connectivity index is 1.91. The molecule has 0 N–H and O–H groups in total. The summed E-state index contributed by atoms with van der Waals surface area (Å²) < 4.78 is 13.0. The molecule has 1 nitrogen and oxygen atoms in total. The van der Waals surface area contributed by atoms with Gasteiger partial charge in [0, 0.05) is 11.3 Å². The zero-order valence-corrected chi connectivity index (χ0v) is 12.5. The fraction of sp³-hybridized carbons (Fsp3) is 0.235. The summed E-state index contributed by atoms with van der Waals surface area (Å²) in [4.78, 5) is 11.9. The highest BCUT2D eigenvalue weighted by molar-refractivity contribution is 7.99. The summed E-state index contributed by atoms with van der Waals surface area (Å²) in [5, 5.41) is 0. The standard InChI is InChI=1S/C17H17FOS/c1-12-6-13(2)8-14(7-12)10-20-11-17(19)15-4-3-5-16(18)9-15/h3-9H,10-11H2,1-2H3. The number of carbonyl (C=O) groups excluding carboxylic acids is 1. The second-order valence-corrected chi connectivity index (χ2v) is 5.91. The summed E-state index contributed by atoms with van der Waals surface area (Å²) in [6.45, 7) is 4.14. The summed E-state index contributed by atoms with van der Waals surface area (Å²) in [6, 6.07) is 12.3. The van der Waals surface area contributed by atoms with Crippen LogP contribution in [-0.2, 0) is 5.75 Å². The third kappa shape index (κ3) is 4.20. The molecule has 0 fully saturated rings. The van der Waals surface area contributed by atoms with E-state index >= 15 is 0 Å². The first-order valence-corrected chi connectivity index (χ1v) is 7.64. The van der Waals surface area contributed by atoms with Crippen LogP contribution in [0.15, 0.2) is 42.5 Å². The molecule has 0 aliphatic heterocycles. The zero-order chi connectivity index (χ0) is 14.5. The predicted molar refractivity (Wildman–Crippen MR) is 82.8 cm³/mol. The molecule has 0 heterocycles. The van der Waals surface area contributed by atoms with Crippen LogP contribution >= 0.6 is 11.8 Å². The van der Waals surface area contributed by atoms with Gasteiger partial charge in [0.25, 0.3) is 0 Å². The van der Waals surface area contributed by atoms with Crippen LogP contribution in [0.4, 0.5) is 4.39 Å². The smallest absolute Gasteiger partial charge is 0.172 e. The van der Waals surface area contributed by atoms with E-state index < -0.39 is 0 Å². The average molecular weight is 288 g/mol. The molecular weight excluding hydrogens is 271 g/mol. The van der Waals surface area contributed by atoms with Gasteiger partial charge < -0.3 is 0 Å². The molecule has 0 saturated carbocycles. The van der Waals surface area contributed by atoms with Gasteiger partial charge >= 0.3 is 0 Å². The van der Waals surface area contributed by atoms with Crippen LogP contribution in [0.2, 0.25) is 0 Å². The van der Waals surface area contributed by atoms with Crippen molar-refractivity contribution in [2.24, 2.45) is 0 Å². The van der Waals surface area contributed by atoms with Crippen LogP contribution in [0.1, 0.15) is 27.0 Å². The molecule has 2 aromatic rings. The molecule has 0 bridgehead atoms. The molecule has 0 radical (unpaired) electrons. The molecule has 2 rings (SSSR count). The van der Waals surface area contributed by atoms with E-state index in [0.29, 0.717) is 11.3 Å². The predicted octanol–water partition coefficient (Wildman–Crippen LogP) is 4.56. The maximum Gasteiger partial charge on any atom is 0.172 e. The van der Waals surface area contributed by atoms with Crippen molar-refractivity contribution in [3.8, 4) is 0 Å². The van der Waals surface area contributed by atoms with Crippen molar-refractivity contribution in [1.29, 1.82) is 0 Å². The number of hydrogen-bond donors (Lipinski definition) is 0. The molecule has 0 spiro atoms. The van der Waals surface area contributed by atoms with Crippen molar-refractivity contribution < 1.29 is 9.18 Å². The lowest BCUT2D eigenvalue weighted by atomic mass is 10.1. The number of rotatable bonds is 5. The Morgan fingerprint density at radius 1 is 1.10 bits per heavy atom. The van der Waals surface area contributed by atoms with Crippen LogP contribution in [0.3, 0.4) is 0 Å². The first-order chi connectivity index (χ1) is 9.54. The first kappa shape index (κ1) is 14.8. The molecule has 0 aliphatic rings. The molecule has 2 aromatic carbocycles. The van der Waals surface area contributed by atoms with Gasteiger partial charge in [0.1, 0.15) is 5.82 Å². The Morgan fingerprint density at radius 3 is 2.45 bits per heavy atom.